The van der Waals surface area contributed by atoms with Gasteiger partial charge in [0.1, 0.15) is 5.82 Å². The number of anilines is 3. The smallest absolute Gasteiger partial charge is 0.330 e. The van der Waals surface area contributed by atoms with Gasteiger partial charge in [-0.15, -0.1) is 0 Å². The number of aromatic nitrogens is 2. The second-order valence-electron chi connectivity index (χ2n) is 8.22. The van der Waals surface area contributed by atoms with Crippen molar-refractivity contribution in [2.75, 3.05) is 56.0 Å². The van der Waals surface area contributed by atoms with Crippen molar-refractivity contribution in [1.29, 1.82) is 0 Å². The van der Waals surface area contributed by atoms with Crippen molar-refractivity contribution in [2.45, 2.75) is 26.8 Å². The molecule has 12 heteroatoms. The molecule has 0 radical (unpaired) electrons. The van der Waals surface area contributed by atoms with Gasteiger partial charge in [0.2, 0.25) is 5.91 Å². The molecule has 0 unspecified atom stereocenters. The van der Waals surface area contributed by atoms with Crippen LogP contribution in [0.3, 0.4) is 0 Å². The van der Waals surface area contributed by atoms with E-state index in [0.29, 0.717) is 35.4 Å². The number of carbonyl (C=O) groups is 1. The monoisotopic (exact) mass is 495 g/mol. The second-order valence-corrected chi connectivity index (χ2v) is 8.63. The highest BCUT2D eigenvalue weighted by Crippen LogP contribution is 2.37. The maximum atomic E-state index is 13.2. The Balaban J connectivity index is 1.88. The van der Waals surface area contributed by atoms with Crippen molar-refractivity contribution in [3.8, 4) is 11.5 Å². The number of H-pyrrole nitrogens is 1. The number of nitrogens with zero attached hydrogens (tertiary/aromatic N) is 2. The van der Waals surface area contributed by atoms with Gasteiger partial charge in [-0.3, -0.25) is 19.1 Å². The molecule has 11 nitrogen and oxygen atoms in total. The van der Waals surface area contributed by atoms with Crippen LogP contribution in [0.25, 0.3) is 0 Å². The highest BCUT2D eigenvalue weighted by Gasteiger charge is 2.25. The molecule has 0 atom stereocenters. The highest BCUT2D eigenvalue weighted by atomic mass is 35.5. The summed E-state index contributed by atoms with van der Waals surface area (Å²) in [6.45, 7) is 5.14. The highest BCUT2D eigenvalue weighted by molar-refractivity contribution is 6.33. The minimum absolute atomic E-state index is 0.0546. The summed E-state index contributed by atoms with van der Waals surface area (Å²) in [5.74, 6) is 0.597. The number of methoxy groups -OCH3 is 1. The van der Waals surface area contributed by atoms with Gasteiger partial charge in [0, 0.05) is 38.8 Å². The lowest BCUT2D eigenvalue weighted by atomic mass is 10.2. The summed E-state index contributed by atoms with van der Waals surface area (Å²) in [4.78, 5) is 41.6. The summed E-state index contributed by atoms with van der Waals surface area (Å²) < 4.78 is 17.7. The van der Waals surface area contributed by atoms with Gasteiger partial charge in [0.25, 0.3) is 5.56 Å². The fourth-order valence-electron chi connectivity index (χ4n) is 3.51. The number of amides is 1. The molecule has 2 heterocycles. The minimum atomic E-state index is -0.749. The molecule has 0 spiro atoms. The average Bonchev–Trinajstić information content (AvgIpc) is 3.01. The Bertz CT molecular complexity index is 1150. The standard InChI is InChI=1S/C22H30ClN5O6/c1-13(2)12-28-20(24)19(21(30)26-22(28)31)27(5-8-32-3)18(29)11-25-15-10-17-16(9-14(15)23)33-6-4-7-34-17/h9-10,13,25H,4-8,11-12,24H2,1-3H3,(H,26,30,31). The third-order valence-electron chi connectivity index (χ3n) is 5.12. The zero-order chi connectivity index (χ0) is 24.8. The molecule has 2 aromatic rings. The van der Waals surface area contributed by atoms with Crippen LogP contribution in [0.5, 0.6) is 11.5 Å². The van der Waals surface area contributed by atoms with Gasteiger partial charge < -0.3 is 30.2 Å². The number of fused-ring (bicyclic) bond motifs is 1. The summed E-state index contributed by atoms with van der Waals surface area (Å²) in [7, 11) is 1.48. The SMILES string of the molecule is COCCN(C(=O)CNc1cc2c(cc1Cl)OCCCO2)c1c(N)n(CC(C)C)c(=O)[nH]c1=O. The quantitative estimate of drug-likeness (QED) is 0.477. The number of aromatic amines is 1. The Morgan fingerprint density at radius 1 is 1.29 bits per heavy atom. The van der Waals surface area contributed by atoms with Gasteiger partial charge in [-0.1, -0.05) is 25.4 Å². The molecule has 34 heavy (non-hydrogen) atoms. The predicted octanol–water partition coefficient (Wildman–Crippen LogP) is 1.68. The zero-order valence-corrected chi connectivity index (χ0v) is 20.2. The van der Waals surface area contributed by atoms with Crippen LogP contribution in [0.1, 0.15) is 20.3 Å². The van der Waals surface area contributed by atoms with Gasteiger partial charge >= 0.3 is 5.69 Å². The number of benzene rings is 1. The Kier molecular flexibility index (Phi) is 8.46. The van der Waals surface area contributed by atoms with E-state index in [0.717, 1.165) is 6.42 Å². The minimum Gasteiger partial charge on any atom is -0.490 e. The third-order valence-corrected chi connectivity index (χ3v) is 5.43. The molecular weight excluding hydrogens is 466 g/mol. The van der Waals surface area contributed by atoms with Crippen LogP contribution in [0, 0.1) is 5.92 Å². The van der Waals surface area contributed by atoms with Crippen LogP contribution < -0.4 is 36.7 Å². The average molecular weight is 496 g/mol. The predicted molar refractivity (Wildman–Crippen MR) is 130 cm³/mol. The third kappa shape index (κ3) is 5.84. The molecule has 3 rings (SSSR count). The van der Waals surface area contributed by atoms with Gasteiger partial charge in [-0.2, -0.15) is 0 Å². The van der Waals surface area contributed by atoms with Crippen molar-refractivity contribution in [2.24, 2.45) is 5.92 Å². The van der Waals surface area contributed by atoms with E-state index in [9.17, 15) is 14.4 Å². The lowest BCUT2D eigenvalue weighted by molar-refractivity contribution is -0.117. The molecule has 0 saturated carbocycles. The maximum absolute atomic E-state index is 13.2. The zero-order valence-electron chi connectivity index (χ0n) is 19.5. The van der Waals surface area contributed by atoms with Gasteiger partial charge in [0.15, 0.2) is 17.2 Å². The van der Waals surface area contributed by atoms with Crippen LogP contribution in [0.4, 0.5) is 17.2 Å². The first-order valence-corrected chi connectivity index (χ1v) is 11.4. The summed E-state index contributed by atoms with van der Waals surface area (Å²) in [5, 5.41) is 3.34. The molecule has 0 fully saturated rings. The summed E-state index contributed by atoms with van der Waals surface area (Å²) >= 11 is 6.36. The van der Waals surface area contributed by atoms with Crippen LogP contribution in [0.15, 0.2) is 21.7 Å². The number of ether oxygens (including phenoxy) is 3. The normalized spacial score (nSPS) is 13.0. The van der Waals surface area contributed by atoms with Crippen LogP contribution >= 0.6 is 11.6 Å². The van der Waals surface area contributed by atoms with E-state index in [2.05, 4.69) is 10.3 Å². The lowest BCUT2D eigenvalue weighted by Gasteiger charge is -2.25. The maximum Gasteiger partial charge on any atom is 0.330 e. The number of nitrogens with two attached hydrogens (primary N) is 1. The molecule has 0 bridgehead atoms. The lowest BCUT2D eigenvalue weighted by Crippen LogP contribution is -2.44. The van der Waals surface area contributed by atoms with E-state index >= 15 is 0 Å². The van der Waals surface area contributed by atoms with Gasteiger partial charge in [-0.05, 0) is 5.92 Å². The molecule has 1 aromatic carbocycles. The summed E-state index contributed by atoms with van der Waals surface area (Å²) in [5.41, 5.74) is 5.19. The molecule has 0 saturated heterocycles. The van der Waals surface area contributed by atoms with Crippen LogP contribution in [-0.4, -0.2) is 55.5 Å². The van der Waals surface area contributed by atoms with Crippen LogP contribution in [0.2, 0.25) is 5.02 Å². The first-order chi connectivity index (χ1) is 16.2. The molecule has 186 valence electrons. The van der Waals surface area contributed by atoms with Crippen molar-refractivity contribution >= 4 is 34.7 Å². The van der Waals surface area contributed by atoms with E-state index in [4.69, 9.17) is 31.5 Å². The largest absolute Gasteiger partial charge is 0.490 e. The van der Waals surface area contributed by atoms with E-state index in [1.54, 1.807) is 12.1 Å². The Labute approximate surface area is 201 Å². The fraction of sp³-hybridized carbons (Fsp3) is 0.500. The molecule has 0 aliphatic carbocycles. The van der Waals surface area contributed by atoms with Crippen LogP contribution in [-0.2, 0) is 16.1 Å². The Morgan fingerprint density at radius 2 is 1.97 bits per heavy atom. The van der Waals surface area contributed by atoms with Crippen molar-refractivity contribution < 1.29 is 19.0 Å². The van der Waals surface area contributed by atoms with E-state index < -0.39 is 17.2 Å². The van der Waals surface area contributed by atoms with Gasteiger partial charge in [0.05, 0.1) is 37.1 Å². The summed E-state index contributed by atoms with van der Waals surface area (Å²) in [6, 6.07) is 3.29. The molecule has 1 aliphatic rings. The second kappa shape index (κ2) is 11.3. The number of nitrogen functional groups attached to an aromatic ring is 1. The van der Waals surface area contributed by atoms with Gasteiger partial charge in [-0.25, -0.2) is 4.79 Å². The van der Waals surface area contributed by atoms with E-state index in [1.807, 2.05) is 13.8 Å². The van der Waals surface area contributed by atoms with Crippen molar-refractivity contribution in [3.63, 3.8) is 0 Å². The number of hydrogen-bond donors (Lipinski definition) is 3. The number of halogens is 1. The molecule has 4 N–H and O–H groups in total. The molecular formula is C22H30ClN5O6. The number of nitrogens with one attached hydrogen (secondary N) is 2. The Hall–Kier alpha value is -3.18. The first kappa shape index (κ1) is 25.4. The molecule has 1 aliphatic heterocycles. The first-order valence-electron chi connectivity index (χ1n) is 11.0. The number of rotatable bonds is 9. The number of carbonyl (C=O) groups excluding carboxylic acids is 1. The molecule has 1 aromatic heterocycles. The summed E-state index contributed by atoms with van der Waals surface area (Å²) in [6.07, 6.45) is 0.747. The fourth-order valence-corrected chi connectivity index (χ4v) is 3.73. The number of hydrogen-bond acceptors (Lipinski definition) is 8. The van der Waals surface area contributed by atoms with Crippen molar-refractivity contribution in [1.82, 2.24) is 9.55 Å². The van der Waals surface area contributed by atoms with Crippen molar-refractivity contribution in [3.05, 3.63) is 38.0 Å². The molecule has 1 amide bonds. The van der Waals surface area contributed by atoms with E-state index in [1.165, 1.54) is 16.6 Å². The van der Waals surface area contributed by atoms with E-state index in [-0.39, 0.29) is 43.7 Å². The Morgan fingerprint density at radius 3 is 2.62 bits per heavy atom. The topological polar surface area (TPSA) is 141 Å².